The highest BCUT2D eigenvalue weighted by Gasteiger charge is 2.16. The SMILES string of the molecule is N#Cc1cnc2c(CS(=O)O)cc(NCc3cnc[nH]3)cc2c1Nc1ccc(F)c(Cl)c1. The van der Waals surface area contributed by atoms with Crippen molar-refractivity contribution >= 4 is 50.6 Å². The lowest BCUT2D eigenvalue weighted by Gasteiger charge is -2.16. The van der Waals surface area contributed by atoms with Crippen molar-refractivity contribution in [3.63, 3.8) is 0 Å². The Balaban J connectivity index is 1.84. The Hall–Kier alpha value is -3.52. The van der Waals surface area contributed by atoms with Gasteiger partial charge in [0, 0.05) is 29.2 Å². The molecule has 0 amide bonds. The van der Waals surface area contributed by atoms with Crippen molar-refractivity contribution in [3.8, 4) is 6.07 Å². The predicted molar refractivity (Wildman–Crippen MR) is 122 cm³/mol. The van der Waals surface area contributed by atoms with E-state index in [0.29, 0.717) is 40.1 Å². The first kappa shape index (κ1) is 21.7. The fourth-order valence-corrected chi connectivity index (χ4v) is 3.90. The van der Waals surface area contributed by atoms with Crippen LogP contribution < -0.4 is 10.6 Å². The summed E-state index contributed by atoms with van der Waals surface area (Å²) in [5.41, 5.74) is 3.65. The number of nitrogens with one attached hydrogen (secondary N) is 3. The molecule has 2 heterocycles. The average Bonchev–Trinajstić information content (AvgIpc) is 3.28. The normalized spacial score (nSPS) is 11.8. The van der Waals surface area contributed by atoms with E-state index in [1.807, 2.05) is 0 Å². The van der Waals surface area contributed by atoms with Gasteiger partial charge in [0.15, 0.2) is 11.1 Å². The van der Waals surface area contributed by atoms with Gasteiger partial charge in [-0.15, -0.1) is 0 Å². The van der Waals surface area contributed by atoms with Crippen LogP contribution in [0.25, 0.3) is 10.9 Å². The lowest BCUT2D eigenvalue weighted by atomic mass is 10.0. The maximum atomic E-state index is 13.6. The van der Waals surface area contributed by atoms with Gasteiger partial charge in [-0.1, -0.05) is 11.6 Å². The van der Waals surface area contributed by atoms with Gasteiger partial charge in [0.05, 0.1) is 46.1 Å². The third-order valence-corrected chi connectivity index (χ3v) is 5.52. The second-order valence-electron chi connectivity index (χ2n) is 6.84. The molecule has 0 spiro atoms. The molecule has 11 heteroatoms. The number of benzene rings is 2. The van der Waals surface area contributed by atoms with Crippen LogP contribution in [0.3, 0.4) is 0 Å². The van der Waals surface area contributed by atoms with Gasteiger partial charge in [0.25, 0.3) is 0 Å². The minimum atomic E-state index is -2.10. The molecule has 0 aliphatic carbocycles. The lowest BCUT2D eigenvalue weighted by Crippen LogP contribution is -2.04. The fourth-order valence-electron chi connectivity index (χ4n) is 3.24. The van der Waals surface area contributed by atoms with Gasteiger partial charge in [-0.2, -0.15) is 5.26 Å². The smallest absolute Gasteiger partial charge is 0.157 e. The second-order valence-corrected chi connectivity index (χ2v) is 8.18. The molecule has 0 bridgehead atoms. The summed E-state index contributed by atoms with van der Waals surface area (Å²) in [6.45, 7) is 0.439. The molecule has 0 fully saturated rings. The summed E-state index contributed by atoms with van der Waals surface area (Å²) in [4.78, 5) is 11.3. The molecule has 2 aromatic carbocycles. The number of hydrogen-bond donors (Lipinski definition) is 4. The largest absolute Gasteiger partial charge is 0.379 e. The summed E-state index contributed by atoms with van der Waals surface area (Å²) >= 11 is 3.80. The summed E-state index contributed by atoms with van der Waals surface area (Å²) in [7, 11) is 0. The molecule has 1 atom stereocenters. The Morgan fingerprint density at radius 3 is 2.78 bits per heavy atom. The highest BCUT2D eigenvalue weighted by atomic mass is 35.5. The average molecular weight is 471 g/mol. The molecule has 32 heavy (non-hydrogen) atoms. The van der Waals surface area contributed by atoms with Crippen LogP contribution in [-0.2, 0) is 23.4 Å². The molecule has 0 radical (unpaired) electrons. The summed E-state index contributed by atoms with van der Waals surface area (Å²) < 4.78 is 34.6. The van der Waals surface area contributed by atoms with E-state index in [1.165, 1.54) is 24.4 Å². The molecule has 2 aromatic heterocycles. The van der Waals surface area contributed by atoms with Crippen molar-refractivity contribution in [2.45, 2.75) is 12.3 Å². The van der Waals surface area contributed by atoms with E-state index >= 15 is 0 Å². The highest BCUT2D eigenvalue weighted by Crippen LogP contribution is 2.34. The Bertz CT molecular complexity index is 1360. The van der Waals surface area contributed by atoms with Gasteiger partial charge < -0.3 is 20.2 Å². The number of H-pyrrole nitrogens is 1. The zero-order valence-corrected chi connectivity index (χ0v) is 18.0. The third-order valence-electron chi connectivity index (χ3n) is 4.68. The number of nitrogens with zero attached hydrogens (tertiary/aromatic N) is 3. The van der Waals surface area contributed by atoms with Crippen molar-refractivity contribution in [3.05, 3.63) is 76.7 Å². The van der Waals surface area contributed by atoms with Crippen LogP contribution in [0.5, 0.6) is 0 Å². The zero-order chi connectivity index (χ0) is 22.7. The van der Waals surface area contributed by atoms with Gasteiger partial charge >= 0.3 is 0 Å². The topological polar surface area (TPSA) is 127 Å². The minimum absolute atomic E-state index is 0.0647. The molecule has 4 rings (SSSR count). The molecule has 162 valence electrons. The molecule has 0 saturated carbocycles. The Kier molecular flexibility index (Phi) is 6.32. The molecule has 4 aromatic rings. The summed E-state index contributed by atoms with van der Waals surface area (Å²) in [5, 5.41) is 16.5. The summed E-state index contributed by atoms with van der Waals surface area (Å²) in [5.74, 6) is -0.702. The molecule has 0 aliphatic rings. The first-order valence-corrected chi connectivity index (χ1v) is 11.0. The number of fused-ring (bicyclic) bond motifs is 1. The van der Waals surface area contributed by atoms with Crippen LogP contribution in [0.2, 0.25) is 5.02 Å². The third kappa shape index (κ3) is 4.70. The number of rotatable bonds is 7. The first-order valence-electron chi connectivity index (χ1n) is 9.31. The van der Waals surface area contributed by atoms with Crippen LogP contribution in [0.15, 0.2) is 49.1 Å². The van der Waals surface area contributed by atoms with E-state index in [4.69, 9.17) is 11.6 Å². The van der Waals surface area contributed by atoms with E-state index in [2.05, 4.69) is 31.7 Å². The second kappa shape index (κ2) is 9.32. The molecule has 8 nitrogen and oxygen atoms in total. The number of aromatic amines is 1. The van der Waals surface area contributed by atoms with Gasteiger partial charge in [-0.05, 0) is 35.9 Å². The molecule has 0 aliphatic heterocycles. The van der Waals surface area contributed by atoms with Crippen LogP contribution in [0.1, 0.15) is 16.8 Å². The van der Waals surface area contributed by atoms with E-state index < -0.39 is 16.9 Å². The Morgan fingerprint density at radius 1 is 1.25 bits per heavy atom. The standard InChI is InChI=1S/C21H16ClFN6O2S/c22-18-5-14(1-2-19(18)23)29-21-13(6-24)7-27-20-12(10-32(30)31)3-15(4-17(20)21)26-9-16-8-25-11-28-16/h1-5,7-8,11,26H,9-10H2,(H,25,28)(H,27,29)(H,30,31). The monoisotopic (exact) mass is 470 g/mol. The van der Waals surface area contributed by atoms with Gasteiger partial charge in [0.1, 0.15) is 11.9 Å². The van der Waals surface area contributed by atoms with Crippen molar-refractivity contribution < 1.29 is 13.2 Å². The van der Waals surface area contributed by atoms with Crippen LogP contribution in [0.4, 0.5) is 21.5 Å². The first-order chi connectivity index (χ1) is 15.4. The lowest BCUT2D eigenvalue weighted by molar-refractivity contribution is 0.563. The van der Waals surface area contributed by atoms with E-state index in [1.54, 1.807) is 24.7 Å². The van der Waals surface area contributed by atoms with E-state index in [0.717, 1.165) is 5.69 Å². The van der Waals surface area contributed by atoms with Crippen molar-refractivity contribution in [2.24, 2.45) is 0 Å². The van der Waals surface area contributed by atoms with Gasteiger partial charge in [0.2, 0.25) is 0 Å². The van der Waals surface area contributed by atoms with Crippen LogP contribution in [-0.4, -0.2) is 23.7 Å². The molecule has 1 unspecified atom stereocenters. The zero-order valence-electron chi connectivity index (χ0n) is 16.4. The molecular weight excluding hydrogens is 455 g/mol. The molecule has 0 saturated heterocycles. The highest BCUT2D eigenvalue weighted by molar-refractivity contribution is 7.78. The minimum Gasteiger partial charge on any atom is -0.379 e. The maximum absolute atomic E-state index is 13.6. The Morgan fingerprint density at radius 2 is 2.09 bits per heavy atom. The summed E-state index contributed by atoms with van der Waals surface area (Å²) in [6.07, 6.45) is 4.63. The number of halogens is 2. The van der Waals surface area contributed by atoms with E-state index in [-0.39, 0.29) is 16.3 Å². The fraction of sp³-hybridized carbons (Fsp3) is 0.0952. The van der Waals surface area contributed by atoms with Crippen molar-refractivity contribution in [1.82, 2.24) is 15.0 Å². The van der Waals surface area contributed by atoms with Crippen LogP contribution >= 0.6 is 11.6 Å². The van der Waals surface area contributed by atoms with Crippen molar-refractivity contribution in [1.29, 1.82) is 5.26 Å². The van der Waals surface area contributed by atoms with E-state index in [9.17, 15) is 18.4 Å². The number of nitriles is 1. The number of pyridine rings is 1. The van der Waals surface area contributed by atoms with Gasteiger partial charge in [-0.25, -0.2) is 13.6 Å². The number of anilines is 3. The van der Waals surface area contributed by atoms with Gasteiger partial charge in [-0.3, -0.25) is 4.98 Å². The predicted octanol–water partition coefficient (Wildman–Crippen LogP) is 4.70. The Labute approximate surface area is 189 Å². The quantitative estimate of drug-likeness (QED) is 0.288. The number of hydrogen-bond acceptors (Lipinski definition) is 6. The van der Waals surface area contributed by atoms with Crippen LogP contribution in [0, 0.1) is 17.1 Å². The maximum Gasteiger partial charge on any atom is 0.157 e. The number of aromatic nitrogens is 3. The molecule has 4 N–H and O–H groups in total. The molecular formula is C21H16ClFN6O2S. The summed E-state index contributed by atoms with van der Waals surface area (Å²) in [6, 6.07) is 9.75. The number of imidazole rings is 1. The van der Waals surface area contributed by atoms with Crippen molar-refractivity contribution in [2.75, 3.05) is 10.6 Å².